The molecule has 1 aliphatic heterocycles. The van der Waals surface area contributed by atoms with E-state index in [1.54, 1.807) is 27.3 Å². The van der Waals surface area contributed by atoms with Crippen LogP contribution in [0.15, 0.2) is 30.3 Å². The van der Waals surface area contributed by atoms with E-state index in [4.69, 9.17) is 32.8 Å². The predicted octanol–water partition coefficient (Wildman–Crippen LogP) is 4.06. The lowest BCUT2D eigenvalue weighted by Gasteiger charge is -2.28. The fraction of sp³-hybridized carbons (Fsp3) is 0.350. The molecule has 0 radical (unpaired) electrons. The number of benzene rings is 2. The van der Waals surface area contributed by atoms with Gasteiger partial charge in [0.25, 0.3) is 0 Å². The summed E-state index contributed by atoms with van der Waals surface area (Å²) in [6.45, 7) is 0.851. The number of carbonyl (C=O) groups excluding carboxylic acids is 1. The maximum atomic E-state index is 12.5. The quantitative estimate of drug-likeness (QED) is 0.755. The van der Waals surface area contributed by atoms with Crippen molar-refractivity contribution < 1.29 is 14.4 Å². The van der Waals surface area contributed by atoms with Gasteiger partial charge in [0.05, 0.1) is 17.2 Å². The molecule has 0 saturated carbocycles. The van der Waals surface area contributed by atoms with Crippen molar-refractivity contribution in [2.24, 2.45) is 0 Å². The van der Waals surface area contributed by atoms with E-state index in [1.165, 1.54) is 5.06 Å². The van der Waals surface area contributed by atoms with E-state index in [0.717, 1.165) is 36.1 Å². The fourth-order valence-electron chi connectivity index (χ4n) is 3.30. The number of hydrogen-bond donors (Lipinski definition) is 1. The average molecular weight is 409 g/mol. The van der Waals surface area contributed by atoms with Crippen LogP contribution < -0.4 is 10.1 Å². The molecule has 7 heteroatoms. The van der Waals surface area contributed by atoms with Crippen LogP contribution in [0, 0.1) is 0 Å². The van der Waals surface area contributed by atoms with Gasteiger partial charge in [0.1, 0.15) is 11.3 Å². The molecule has 0 aromatic heterocycles. The molecule has 2 aromatic carbocycles. The van der Waals surface area contributed by atoms with E-state index in [0.29, 0.717) is 21.4 Å². The van der Waals surface area contributed by atoms with Crippen LogP contribution in [0.4, 0.5) is 0 Å². The Balaban J connectivity index is 1.95. The van der Waals surface area contributed by atoms with E-state index in [2.05, 4.69) is 5.32 Å². The molecule has 1 unspecified atom stereocenters. The largest absolute Gasteiger partial charge is 0.496 e. The second kappa shape index (κ2) is 8.48. The van der Waals surface area contributed by atoms with Gasteiger partial charge >= 0.3 is 5.97 Å². The molecule has 3 rings (SSSR count). The Morgan fingerprint density at radius 3 is 2.67 bits per heavy atom. The summed E-state index contributed by atoms with van der Waals surface area (Å²) in [7, 11) is 4.89. The van der Waals surface area contributed by atoms with Gasteiger partial charge in [0.15, 0.2) is 0 Å². The maximum absolute atomic E-state index is 12.5. The second-order valence-electron chi connectivity index (χ2n) is 6.65. The summed E-state index contributed by atoms with van der Waals surface area (Å²) in [5.41, 5.74) is 3.71. The number of methoxy groups -OCH3 is 1. The average Bonchev–Trinajstić information content (AvgIpc) is 2.63. The lowest BCUT2D eigenvalue weighted by Crippen LogP contribution is -2.32. The highest BCUT2D eigenvalue weighted by Crippen LogP contribution is 2.33. The summed E-state index contributed by atoms with van der Waals surface area (Å²) in [5.74, 6) is 0.0781. The lowest BCUT2D eigenvalue weighted by molar-refractivity contribution is -0.0715. The van der Waals surface area contributed by atoms with Crippen molar-refractivity contribution >= 4 is 29.2 Å². The Hall–Kier alpha value is -1.79. The molecule has 0 aliphatic carbocycles. The molecule has 0 fully saturated rings. The smallest absolute Gasteiger partial charge is 0.360 e. The number of carbonyl (C=O) groups is 1. The maximum Gasteiger partial charge on any atom is 0.360 e. The van der Waals surface area contributed by atoms with Crippen molar-refractivity contribution in [1.29, 1.82) is 0 Å². The molecule has 144 valence electrons. The van der Waals surface area contributed by atoms with E-state index in [-0.39, 0.29) is 6.04 Å². The summed E-state index contributed by atoms with van der Waals surface area (Å²) in [4.78, 5) is 17.7. The number of fused-ring (bicyclic) bond motifs is 1. The number of rotatable bonds is 5. The Morgan fingerprint density at radius 2 is 2.00 bits per heavy atom. The van der Waals surface area contributed by atoms with E-state index >= 15 is 0 Å². The number of hydrogen-bond acceptors (Lipinski definition) is 5. The van der Waals surface area contributed by atoms with Gasteiger partial charge in [0.2, 0.25) is 0 Å². The third kappa shape index (κ3) is 4.55. The topological polar surface area (TPSA) is 50.8 Å². The summed E-state index contributed by atoms with van der Waals surface area (Å²) >= 11 is 12.2. The first-order chi connectivity index (χ1) is 12.9. The van der Waals surface area contributed by atoms with Crippen LogP contribution >= 0.6 is 23.2 Å². The van der Waals surface area contributed by atoms with Crippen LogP contribution in [0.1, 0.15) is 33.1 Å². The van der Waals surface area contributed by atoms with E-state index < -0.39 is 5.97 Å². The van der Waals surface area contributed by atoms with Crippen LogP contribution in [-0.4, -0.2) is 38.8 Å². The van der Waals surface area contributed by atoms with Crippen molar-refractivity contribution in [1.82, 2.24) is 10.4 Å². The second-order valence-corrected chi connectivity index (χ2v) is 7.47. The SMILES string of the molecule is COc1cc2c(cc1C(=O)ON(C)C)C(Cc1ccc(Cl)c(Cl)c1)NCC2. The minimum absolute atomic E-state index is 0.0582. The van der Waals surface area contributed by atoms with Crippen LogP contribution in [0.2, 0.25) is 10.0 Å². The highest BCUT2D eigenvalue weighted by atomic mass is 35.5. The number of ether oxygens (including phenoxy) is 1. The van der Waals surface area contributed by atoms with Crippen LogP contribution in [0.5, 0.6) is 5.75 Å². The molecular weight excluding hydrogens is 387 g/mol. The lowest BCUT2D eigenvalue weighted by atomic mass is 9.88. The van der Waals surface area contributed by atoms with Crippen molar-refractivity contribution in [2.75, 3.05) is 27.7 Å². The van der Waals surface area contributed by atoms with E-state index in [9.17, 15) is 4.79 Å². The highest BCUT2D eigenvalue weighted by molar-refractivity contribution is 6.42. The molecule has 0 bridgehead atoms. The normalized spacial score (nSPS) is 16.1. The van der Waals surface area contributed by atoms with Crippen molar-refractivity contribution in [3.8, 4) is 5.75 Å². The molecule has 1 atom stereocenters. The fourth-order valence-corrected chi connectivity index (χ4v) is 3.62. The van der Waals surface area contributed by atoms with Gasteiger partial charge in [-0.25, -0.2) is 4.79 Å². The molecular formula is C20H22Cl2N2O3. The van der Waals surface area contributed by atoms with Crippen LogP contribution in [0.25, 0.3) is 0 Å². The minimum Gasteiger partial charge on any atom is -0.496 e. The molecule has 0 spiro atoms. The van der Waals surface area contributed by atoms with Gasteiger partial charge in [-0.3, -0.25) is 0 Å². The van der Waals surface area contributed by atoms with Gasteiger partial charge in [-0.2, -0.15) is 0 Å². The Morgan fingerprint density at radius 1 is 1.22 bits per heavy atom. The van der Waals surface area contributed by atoms with Crippen LogP contribution in [-0.2, 0) is 17.7 Å². The third-order valence-electron chi connectivity index (χ3n) is 4.53. The standard InChI is InChI=1S/C20H22Cl2N2O3/c1-24(2)27-20(25)15-11-14-13(10-19(15)26-3)6-7-23-18(14)9-12-4-5-16(21)17(22)8-12/h4-5,8,10-11,18,23H,6-7,9H2,1-3H3. The van der Waals surface area contributed by atoms with Gasteiger partial charge < -0.3 is 14.9 Å². The van der Waals surface area contributed by atoms with Crippen molar-refractivity contribution in [3.05, 3.63) is 62.6 Å². The summed E-state index contributed by atoms with van der Waals surface area (Å²) < 4.78 is 5.42. The Kier molecular flexibility index (Phi) is 6.27. The number of halogens is 2. The van der Waals surface area contributed by atoms with Gasteiger partial charge in [-0.15, -0.1) is 5.06 Å². The molecule has 0 saturated heterocycles. The zero-order valence-electron chi connectivity index (χ0n) is 15.5. The van der Waals surface area contributed by atoms with E-state index in [1.807, 2.05) is 24.3 Å². The molecule has 2 aromatic rings. The number of nitrogens with one attached hydrogen (secondary N) is 1. The first-order valence-electron chi connectivity index (χ1n) is 8.66. The summed E-state index contributed by atoms with van der Waals surface area (Å²) in [6.07, 6.45) is 1.60. The number of hydroxylamine groups is 2. The molecule has 1 N–H and O–H groups in total. The third-order valence-corrected chi connectivity index (χ3v) is 5.27. The van der Waals surface area contributed by atoms with Crippen LogP contribution in [0.3, 0.4) is 0 Å². The first kappa shape index (κ1) is 20.0. The summed E-state index contributed by atoms with van der Waals surface area (Å²) in [5, 5.41) is 5.97. The van der Waals surface area contributed by atoms with Crippen molar-refractivity contribution in [3.63, 3.8) is 0 Å². The predicted molar refractivity (Wildman–Crippen MR) is 107 cm³/mol. The highest BCUT2D eigenvalue weighted by Gasteiger charge is 2.25. The number of nitrogens with zero attached hydrogens (tertiary/aromatic N) is 1. The zero-order valence-corrected chi connectivity index (χ0v) is 17.0. The van der Waals surface area contributed by atoms with Gasteiger partial charge in [0, 0.05) is 20.1 Å². The molecule has 27 heavy (non-hydrogen) atoms. The first-order valence-corrected chi connectivity index (χ1v) is 9.42. The zero-order chi connectivity index (χ0) is 19.6. The van der Waals surface area contributed by atoms with Gasteiger partial charge in [-0.1, -0.05) is 29.3 Å². The Labute approximate surface area is 169 Å². The monoisotopic (exact) mass is 408 g/mol. The molecule has 1 aliphatic rings. The van der Waals surface area contributed by atoms with Gasteiger partial charge in [-0.05, 0) is 60.3 Å². The van der Waals surface area contributed by atoms with Crippen molar-refractivity contribution in [2.45, 2.75) is 18.9 Å². The Bertz CT molecular complexity index is 855. The molecule has 0 amide bonds. The molecule has 1 heterocycles. The summed E-state index contributed by atoms with van der Waals surface area (Å²) in [6, 6.07) is 9.51. The minimum atomic E-state index is -0.446. The molecule has 5 nitrogen and oxygen atoms in total.